The van der Waals surface area contributed by atoms with Crippen LogP contribution in [0.2, 0.25) is 0 Å². The topological polar surface area (TPSA) is 89.5 Å². The Hall–Kier alpha value is -3.09. The first-order valence-corrected chi connectivity index (χ1v) is 9.68. The van der Waals surface area contributed by atoms with Crippen LogP contribution in [-0.4, -0.2) is 44.1 Å². The van der Waals surface area contributed by atoms with Crippen molar-refractivity contribution in [3.63, 3.8) is 0 Å². The molecule has 1 aromatic heterocycles. The second-order valence-corrected chi connectivity index (χ2v) is 7.06. The minimum atomic E-state index is -0.317. The van der Waals surface area contributed by atoms with Gasteiger partial charge in [0.1, 0.15) is 5.69 Å². The molecule has 0 aliphatic carbocycles. The molecule has 0 atom stereocenters. The van der Waals surface area contributed by atoms with Crippen LogP contribution in [0.5, 0.6) is 11.5 Å². The van der Waals surface area contributed by atoms with E-state index in [9.17, 15) is 9.59 Å². The third kappa shape index (κ3) is 6.78. The average molecular weight is 399 g/mol. The molecule has 1 heterocycles. The summed E-state index contributed by atoms with van der Waals surface area (Å²) in [5.41, 5.74) is 1.65. The fraction of sp³-hybridized carbons (Fsp3) is 0.409. The molecule has 0 saturated heterocycles. The van der Waals surface area contributed by atoms with Crippen molar-refractivity contribution in [2.24, 2.45) is 5.92 Å². The fourth-order valence-electron chi connectivity index (χ4n) is 2.72. The minimum Gasteiger partial charge on any atom is -0.493 e. The number of methoxy groups -OCH3 is 2. The Balaban J connectivity index is 1.90. The number of nitrogens with zero attached hydrogens (tertiary/aromatic N) is 1. The lowest BCUT2D eigenvalue weighted by Gasteiger charge is -2.10. The number of aromatic nitrogens is 1. The molecule has 156 valence electrons. The first-order valence-electron chi connectivity index (χ1n) is 9.68. The van der Waals surface area contributed by atoms with E-state index in [2.05, 4.69) is 29.5 Å². The van der Waals surface area contributed by atoms with Crippen LogP contribution < -0.4 is 20.1 Å². The van der Waals surface area contributed by atoms with Gasteiger partial charge in [0, 0.05) is 24.8 Å². The summed E-state index contributed by atoms with van der Waals surface area (Å²) in [4.78, 5) is 28.7. The normalized spacial score (nSPS) is 10.5. The van der Waals surface area contributed by atoms with Crippen LogP contribution in [0.3, 0.4) is 0 Å². The van der Waals surface area contributed by atoms with Crippen LogP contribution in [0.25, 0.3) is 0 Å². The van der Waals surface area contributed by atoms with Crippen LogP contribution in [0.1, 0.15) is 46.7 Å². The summed E-state index contributed by atoms with van der Waals surface area (Å²) in [6.07, 6.45) is 3.00. The van der Waals surface area contributed by atoms with Crippen molar-refractivity contribution < 1.29 is 19.1 Å². The fourth-order valence-corrected chi connectivity index (χ4v) is 2.72. The summed E-state index contributed by atoms with van der Waals surface area (Å²) >= 11 is 0. The van der Waals surface area contributed by atoms with Gasteiger partial charge < -0.3 is 20.1 Å². The second kappa shape index (κ2) is 11.0. The van der Waals surface area contributed by atoms with Gasteiger partial charge in [-0.3, -0.25) is 14.6 Å². The molecule has 2 rings (SSSR count). The highest BCUT2D eigenvalue weighted by molar-refractivity contribution is 5.98. The van der Waals surface area contributed by atoms with Gasteiger partial charge in [-0.1, -0.05) is 19.9 Å². The number of amides is 2. The van der Waals surface area contributed by atoms with Gasteiger partial charge in [-0.25, -0.2) is 0 Å². The highest BCUT2D eigenvalue weighted by atomic mass is 16.5. The number of carbonyl (C=O) groups excluding carboxylic acids is 2. The second-order valence-electron chi connectivity index (χ2n) is 7.06. The van der Waals surface area contributed by atoms with Crippen molar-refractivity contribution in [3.05, 3.63) is 53.3 Å². The number of pyridine rings is 1. The van der Waals surface area contributed by atoms with Gasteiger partial charge in [-0.15, -0.1) is 0 Å². The summed E-state index contributed by atoms with van der Waals surface area (Å²) in [6.45, 7) is 5.23. The smallest absolute Gasteiger partial charge is 0.269 e. The average Bonchev–Trinajstić information content (AvgIpc) is 2.73. The number of nitrogens with one attached hydrogen (secondary N) is 2. The first kappa shape index (κ1) is 22.2. The number of hydrogen-bond donors (Lipinski definition) is 2. The molecule has 0 fully saturated rings. The quantitative estimate of drug-likeness (QED) is 0.641. The molecule has 0 unspecified atom stereocenters. The van der Waals surface area contributed by atoms with Crippen LogP contribution in [0, 0.1) is 5.92 Å². The van der Waals surface area contributed by atoms with E-state index < -0.39 is 0 Å². The van der Waals surface area contributed by atoms with E-state index >= 15 is 0 Å². The summed E-state index contributed by atoms with van der Waals surface area (Å²) in [5.74, 6) is 1.30. The molecule has 0 spiro atoms. The maximum Gasteiger partial charge on any atom is 0.269 e. The van der Waals surface area contributed by atoms with Crippen molar-refractivity contribution in [2.45, 2.75) is 26.7 Å². The van der Waals surface area contributed by atoms with Gasteiger partial charge in [0.15, 0.2) is 11.5 Å². The zero-order valence-corrected chi connectivity index (χ0v) is 17.5. The third-order valence-electron chi connectivity index (χ3n) is 4.41. The summed E-state index contributed by atoms with van der Waals surface area (Å²) < 4.78 is 10.5. The monoisotopic (exact) mass is 399 g/mol. The maximum absolute atomic E-state index is 12.4. The van der Waals surface area contributed by atoms with Crippen molar-refractivity contribution in [3.8, 4) is 11.5 Å². The maximum atomic E-state index is 12.4. The number of rotatable bonds is 10. The van der Waals surface area contributed by atoms with Crippen molar-refractivity contribution in [1.82, 2.24) is 15.6 Å². The van der Waals surface area contributed by atoms with E-state index in [0.717, 1.165) is 12.0 Å². The predicted octanol–water partition coefficient (Wildman–Crippen LogP) is 2.85. The van der Waals surface area contributed by atoms with Crippen LogP contribution in [0.15, 0.2) is 36.5 Å². The number of ether oxygens (including phenoxy) is 2. The Morgan fingerprint density at radius 3 is 2.38 bits per heavy atom. The van der Waals surface area contributed by atoms with Gasteiger partial charge in [0.2, 0.25) is 0 Å². The van der Waals surface area contributed by atoms with E-state index in [0.29, 0.717) is 42.5 Å². The van der Waals surface area contributed by atoms with Crippen molar-refractivity contribution >= 4 is 11.8 Å². The molecular weight excluding hydrogens is 370 g/mol. The minimum absolute atomic E-state index is 0.201. The molecule has 0 bridgehead atoms. The molecule has 0 aliphatic rings. The highest BCUT2D eigenvalue weighted by Crippen LogP contribution is 2.27. The molecular formula is C22H29N3O4. The highest BCUT2D eigenvalue weighted by Gasteiger charge is 2.12. The van der Waals surface area contributed by atoms with Gasteiger partial charge in [-0.05, 0) is 48.6 Å². The zero-order chi connectivity index (χ0) is 21.2. The van der Waals surface area contributed by atoms with Crippen LogP contribution in [0.4, 0.5) is 0 Å². The Bertz CT molecular complexity index is 837. The number of carbonyl (C=O) groups is 2. The predicted molar refractivity (Wildman–Crippen MR) is 112 cm³/mol. The molecule has 2 aromatic rings. The van der Waals surface area contributed by atoms with Crippen LogP contribution >= 0.6 is 0 Å². The van der Waals surface area contributed by atoms with E-state index in [4.69, 9.17) is 9.47 Å². The third-order valence-corrected chi connectivity index (χ3v) is 4.41. The van der Waals surface area contributed by atoms with E-state index in [-0.39, 0.29) is 17.5 Å². The van der Waals surface area contributed by atoms with E-state index in [1.165, 1.54) is 12.3 Å². The molecule has 2 N–H and O–H groups in total. The molecule has 0 saturated carbocycles. The Kier molecular flexibility index (Phi) is 8.45. The number of hydrogen-bond acceptors (Lipinski definition) is 5. The lowest BCUT2D eigenvalue weighted by molar-refractivity contribution is 0.0949. The van der Waals surface area contributed by atoms with E-state index in [1.807, 2.05) is 18.2 Å². The Labute approximate surface area is 171 Å². The van der Waals surface area contributed by atoms with Gasteiger partial charge >= 0.3 is 0 Å². The SMILES string of the molecule is COc1ccc(CCNC(=O)c2cc(C(=O)NCCC(C)C)ccn2)cc1OC. The summed E-state index contributed by atoms with van der Waals surface area (Å²) in [5, 5.41) is 5.69. The van der Waals surface area contributed by atoms with Gasteiger partial charge in [0.05, 0.1) is 14.2 Å². The molecule has 7 nitrogen and oxygen atoms in total. The van der Waals surface area contributed by atoms with Gasteiger partial charge in [0.25, 0.3) is 11.8 Å². The summed E-state index contributed by atoms with van der Waals surface area (Å²) in [6, 6.07) is 8.75. The zero-order valence-electron chi connectivity index (χ0n) is 17.5. The van der Waals surface area contributed by atoms with Crippen molar-refractivity contribution in [2.75, 3.05) is 27.3 Å². The molecule has 29 heavy (non-hydrogen) atoms. The molecule has 7 heteroatoms. The molecule has 0 aliphatic heterocycles. The lowest BCUT2D eigenvalue weighted by atomic mass is 10.1. The van der Waals surface area contributed by atoms with Gasteiger partial charge in [-0.2, -0.15) is 0 Å². The van der Waals surface area contributed by atoms with Crippen LogP contribution in [-0.2, 0) is 6.42 Å². The summed E-state index contributed by atoms with van der Waals surface area (Å²) in [7, 11) is 3.17. The Morgan fingerprint density at radius 2 is 1.69 bits per heavy atom. The largest absolute Gasteiger partial charge is 0.493 e. The van der Waals surface area contributed by atoms with Crippen molar-refractivity contribution in [1.29, 1.82) is 0 Å². The Morgan fingerprint density at radius 1 is 0.966 bits per heavy atom. The van der Waals surface area contributed by atoms with E-state index in [1.54, 1.807) is 20.3 Å². The molecule has 2 amide bonds. The standard InChI is InChI=1S/C22H29N3O4/c1-15(2)7-10-24-21(26)17-9-12-23-18(14-17)22(27)25-11-8-16-5-6-19(28-3)20(13-16)29-4/h5-6,9,12-15H,7-8,10-11H2,1-4H3,(H,24,26)(H,25,27). The first-order chi connectivity index (χ1) is 13.9. The molecule has 1 aromatic carbocycles. The molecule has 0 radical (unpaired) electrons. The number of benzene rings is 1. The lowest BCUT2D eigenvalue weighted by Crippen LogP contribution is -2.28.